The van der Waals surface area contributed by atoms with Crippen LogP contribution in [-0.4, -0.2) is 0 Å². The second-order valence-electron chi connectivity index (χ2n) is 3.79. The van der Waals surface area contributed by atoms with E-state index in [1.807, 2.05) is 18.2 Å². The Morgan fingerprint density at radius 2 is 1.95 bits per heavy atom. The molecule has 2 nitrogen and oxygen atoms in total. The Morgan fingerprint density at radius 1 is 1.16 bits per heavy atom. The number of halogens is 3. The molecule has 0 aliphatic heterocycles. The van der Waals surface area contributed by atoms with Gasteiger partial charge in [-0.3, -0.25) is 0 Å². The predicted octanol–water partition coefficient (Wildman–Crippen LogP) is 5.21. The van der Waals surface area contributed by atoms with E-state index >= 15 is 0 Å². The van der Waals surface area contributed by atoms with Crippen molar-refractivity contribution in [1.29, 1.82) is 5.26 Å². The molecule has 0 aromatic heterocycles. The third kappa shape index (κ3) is 3.63. The van der Waals surface area contributed by atoms with Crippen molar-refractivity contribution in [3.63, 3.8) is 0 Å². The molecule has 0 spiro atoms. The maximum absolute atomic E-state index is 9.08. The van der Waals surface area contributed by atoms with Gasteiger partial charge in [-0.2, -0.15) is 5.26 Å². The van der Waals surface area contributed by atoms with Gasteiger partial charge in [-0.1, -0.05) is 35.3 Å². The number of hydrogen-bond acceptors (Lipinski definition) is 2. The van der Waals surface area contributed by atoms with E-state index in [1.165, 1.54) is 0 Å². The van der Waals surface area contributed by atoms with Crippen molar-refractivity contribution in [1.82, 2.24) is 0 Å². The van der Waals surface area contributed by atoms with Crippen LogP contribution in [-0.2, 0) is 6.61 Å². The number of ether oxygens (including phenoxy) is 1. The van der Waals surface area contributed by atoms with E-state index in [2.05, 4.69) is 22.0 Å². The molecule has 0 radical (unpaired) electrons. The zero-order valence-electron chi connectivity index (χ0n) is 9.66. The molecule has 2 aromatic carbocycles. The van der Waals surface area contributed by atoms with Gasteiger partial charge < -0.3 is 4.74 Å². The Hall–Kier alpha value is -1.21. The monoisotopic (exact) mass is 355 g/mol. The van der Waals surface area contributed by atoms with Crippen LogP contribution in [0.2, 0.25) is 10.0 Å². The minimum atomic E-state index is 0.329. The van der Waals surface area contributed by atoms with Gasteiger partial charge in [0.25, 0.3) is 0 Å². The molecule has 19 heavy (non-hydrogen) atoms. The van der Waals surface area contributed by atoms with Crippen LogP contribution >= 0.6 is 39.1 Å². The highest BCUT2D eigenvalue weighted by molar-refractivity contribution is 9.10. The van der Waals surface area contributed by atoms with Crippen molar-refractivity contribution < 1.29 is 4.74 Å². The van der Waals surface area contributed by atoms with Crippen molar-refractivity contribution in [2.75, 3.05) is 0 Å². The first-order valence-electron chi connectivity index (χ1n) is 5.36. The van der Waals surface area contributed by atoms with Gasteiger partial charge in [0, 0.05) is 10.0 Å². The van der Waals surface area contributed by atoms with Gasteiger partial charge in [0.05, 0.1) is 10.0 Å². The van der Waals surface area contributed by atoms with E-state index < -0.39 is 0 Å². The van der Waals surface area contributed by atoms with Crippen molar-refractivity contribution in [3.8, 4) is 11.8 Å². The highest BCUT2D eigenvalue weighted by Gasteiger charge is 2.10. The summed E-state index contributed by atoms with van der Waals surface area (Å²) >= 11 is 15.1. The van der Waals surface area contributed by atoms with Gasteiger partial charge in [-0.05, 0) is 45.8 Å². The highest BCUT2D eigenvalue weighted by Crippen LogP contribution is 2.32. The van der Waals surface area contributed by atoms with Crippen LogP contribution in [0.4, 0.5) is 0 Å². The minimum Gasteiger partial charge on any atom is -0.486 e. The Kier molecular flexibility index (Phi) is 4.71. The van der Waals surface area contributed by atoms with Gasteiger partial charge in [0.1, 0.15) is 12.7 Å². The normalized spacial score (nSPS) is 10.0. The standard InChI is InChI=1S/C14H8BrCl2NO/c15-13-6-12(17)5-10(7-18)14(13)19-8-9-2-1-3-11(16)4-9/h1-6H,8H2. The zero-order valence-corrected chi connectivity index (χ0v) is 12.8. The van der Waals surface area contributed by atoms with E-state index in [1.54, 1.807) is 18.2 Å². The van der Waals surface area contributed by atoms with Crippen molar-refractivity contribution in [2.45, 2.75) is 6.61 Å². The Balaban J connectivity index is 2.23. The summed E-state index contributed by atoms with van der Waals surface area (Å²) in [5.41, 5.74) is 1.32. The molecule has 0 fully saturated rings. The smallest absolute Gasteiger partial charge is 0.151 e. The lowest BCUT2D eigenvalue weighted by atomic mass is 10.2. The van der Waals surface area contributed by atoms with Gasteiger partial charge in [-0.15, -0.1) is 0 Å². The van der Waals surface area contributed by atoms with Gasteiger partial charge >= 0.3 is 0 Å². The molecule has 0 aliphatic carbocycles. The maximum Gasteiger partial charge on any atom is 0.151 e. The molecule has 2 aromatic rings. The van der Waals surface area contributed by atoms with Crippen LogP contribution in [0.5, 0.6) is 5.75 Å². The van der Waals surface area contributed by atoms with Gasteiger partial charge in [-0.25, -0.2) is 0 Å². The summed E-state index contributed by atoms with van der Waals surface area (Å²) in [6, 6.07) is 12.7. The summed E-state index contributed by atoms with van der Waals surface area (Å²) in [5.74, 6) is 0.479. The molecule has 0 N–H and O–H groups in total. The van der Waals surface area contributed by atoms with Crippen LogP contribution in [0.15, 0.2) is 40.9 Å². The van der Waals surface area contributed by atoms with E-state index in [0.29, 0.717) is 32.4 Å². The molecule has 0 unspecified atom stereocenters. The average molecular weight is 357 g/mol. The third-order valence-electron chi connectivity index (χ3n) is 2.40. The predicted molar refractivity (Wildman–Crippen MR) is 79.7 cm³/mol. The number of nitrogens with zero attached hydrogens (tertiary/aromatic N) is 1. The van der Waals surface area contributed by atoms with Crippen molar-refractivity contribution in [2.24, 2.45) is 0 Å². The molecule has 0 saturated carbocycles. The van der Waals surface area contributed by atoms with Gasteiger partial charge in [0.15, 0.2) is 5.75 Å². The Labute approximate surface area is 129 Å². The number of benzene rings is 2. The summed E-state index contributed by atoms with van der Waals surface area (Å²) in [6.45, 7) is 0.329. The second kappa shape index (κ2) is 6.29. The summed E-state index contributed by atoms with van der Waals surface area (Å²) < 4.78 is 6.32. The minimum absolute atomic E-state index is 0.329. The maximum atomic E-state index is 9.08. The van der Waals surface area contributed by atoms with Crippen LogP contribution in [0.3, 0.4) is 0 Å². The average Bonchev–Trinajstić information content (AvgIpc) is 2.37. The second-order valence-corrected chi connectivity index (χ2v) is 5.52. The van der Waals surface area contributed by atoms with E-state index in [9.17, 15) is 0 Å². The largest absolute Gasteiger partial charge is 0.486 e. The summed E-state index contributed by atoms with van der Waals surface area (Å²) in [5, 5.41) is 10.2. The van der Waals surface area contributed by atoms with E-state index in [0.717, 1.165) is 5.56 Å². The first kappa shape index (κ1) is 14.2. The van der Waals surface area contributed by atoms with Crippen LogP contribution in [0.25, 0.3) is 0 Å². The van der Waals surface area contributed by atoms with Crippen LogP contribution in [0, 0.1) is 11.3 Å². The fourth-order valence-electron chi connectivity index (χ4n) is 1.57. The molecule has 0 aliphatic rings. The number of rotatable bonds is 3. The number of nitriles is 1. The Morgan fingerprint density at radius 3 is 2.63 bits per heavy atom. The fraction of sp³-hybridized carbons (Fsp3) is 0.0714. The topological polar surface area (TPSA) is 33.0 Å². The number of hydrogen-bond donors (Lipinski definition) is 0. The van der Waals surface area contributed by atoms with E-state index in [-0.39, 0.29) is 0 Å². The van der Waals surface area contributed by atoms with Crippen LogP contribution < -0.4 is 4.74 Å². The van der Waals surface area contributed by atoms with E-state index in [4.69, 9.17) is 33.2 Å². The first-order valence-corrected chi connectivity index (χ1v) is 6.91. The lowest BCUT2D eigenvalue weighted by Crippen LogP contribution is -1.98. The molecule has 0 amide bonds. The first-order chi connectivity index (χ1) is 9.10. The fourth-order valence-corrected chi connectivity index (χ4v) is 2.71. The third-order valence-corrected chi connectivity index (χ3v) is 3.44. The molecule has 0 saturated heterocycles. The Bertz CT molecular complexity index is 652. The van der Waals surface area contributed by atoms with Crippen LogP contribution in [0.1, 0.15) is 11.1 Å². The van der Waals surface area contributed by atoms with Crippen molar-refractivity contribution in [3.05, 3.63) is 62.0 Å². The molecule has 0 heterocycles. The SMILES string of the molecule is N#Cc1cc(Cl)cc(Br)c1OCc1cccc(Cl)c1. The van der Waals surface area contributed by atoms with Crippen molar-refractivity contribution >= 4 is 39.1 Å². The molecule has 0 bridgehead atoms. The summed E-state index contributed by atoms with van der Waals surface area (Å²) in [4.78, 5) is 0. The lowest BCUT2D eigenvalue weighted by Gasteiger charge is -2.10. The highest BCUT2D eigenvalue weighted by atomic mass is 79.9. The molecule has 96 valence electrons. The zero-order chi connectivity index (χ0) is 13.8. The molecule has 0 atom stereocenters. The molecular weight excluding hydrogens is 349 g/mol. The summed E-state index contributed by atoms with van der Waals surface area (Å²) in [7, 11) is 0. The lowest BCUT2D eigenvalue weighted by molar-refractivity contribution is 0.303. The molecule has 2 rings (SSSR count). The molecular formula is C14H8BrCl2NO. The quantitative estimate of drug-likeness (QED) is 0.756. The molecule has 5 heteroatoms. The summed E-state index contributed by atoms with van der Waals surface area (Å²) in [6.07, 6.45) is 0. The van der Waals surface area contributed by atoms with Gasteiger partial charge in [0.2, 0.25) is 0 Å².